The van der Waals surface area contributed by atoms with Gasteiger partial charge in [0, 0.05) is 12.6 Å². The Morgan fingerprint density at radius 1 is 1.23 bits per heavy atom. The molecule has 0 radical (unpaired) electrons. The number of ketones is 1. The first-order valence-electron chi connectivity index (χ1n) is 10.4. The number of esters is 1. The van der Waals surface area contributed by atoms with Crippen LogP contribution in [0.15, 0.2) is 42.6 Å². The lowest BCUT2D eigenvalue weighted by molar-refractivity contribution is 0.0600. The van der Waals surface area contributed by atoms with Crippen molar-refractivity contribution in [2.24, 2.45) is 5.92 Å². The topological polar surface area (TPSA) is 69.9 Å². The predicted molar refractivity (Wildman–Crippen MR) is 113 cm³/mol. The van der Waals surface area contributed by atoms with Crippen LogP contribution in [0.1, 0.15) is 64.2 Å². The van der Waals surface area contributed by atoms with Crippen LogP contribution in [0, 0.1) is 12.8 Å². The van der Waals surface area contributed by atoms with Gasteiger partial charge in [0.2, 0.25) is 0 Å². The number of rotatable bonds is 8. The average Bonchev–Trinajstić information content (AvgIpc) is 3.53. The van der Waals surface area contributed by atoms with Crippen LogP contribution in [0.5, 0.6) is 5.75 Å². The SMILES string of the molecule is CCOc1cccn2c(C(=O)C[C@H](c3cccc(C(=O)OC)c3)C3CC3)c(C)nc12. The summed E-state index contributed by atoms with van der Waals surface area (Å²) in [4.78, 5) is 30.0. The Kier molecular flexibility index (Phi) is 5.57. The number of benzene rings is 1. The number of hydrogen-bond donors (Lipinski definition) is 0. The van der Waals surface area contributed by atoms with E-state index in [0.717, 1.165) is 18.4 Å². The number of aryl methyl sites for hydroxylation is 1. The molecule has 4 rings (SSSR count). The Morgan fingerprint density at radius 3 is 2.73 bits per heavy atom. The highest BCUT2D eigenvalue weighted by molar-refractivity contribution is 5.97. The molecule has 0 spiro atoms. The van der Waals surface area contributed by atoms with Gasteiger partial charge in [-0.25, -0.2) is 9.78 Å². The van der Waals surface area contributed by atoms with E-state index in [1.165, 1.54) is 7.11 Å². The molecule has 1 saturated carbocycles. The van der Waals surface area contributed by atoms with Crippen molar-refractivity contribution < 1.29 is 19.1 Å². The van der Waals surface area contributed by atoms with Crippen molar-refractivity contribution in [1.29, 1.82) is 0 Å². The van der Waals surface area contributed by atoms with Gasteiger partial charge in [-0.15, -0.1) is 0 Å². The molecule has 1 fully saturated rings. The van der Waals surface area contributed by atoms with Crippen LogP contribution in [0.3, 0.4) is 0 Å². The number of nitrogens with zero attached hydrogens (tertiary/aromatic N) is 2. The maximum Gasteiger partial charge on any atom is 0.337 e. The number of Topliss-reactive ketones (excluding diaryl/α,β-unsaturated/α-hetero) is 1. The molecule has 156 valence electrons. The van der Waals surface area contributed by atoms with Crippen LogP contribution < -0.4 is 4.74 Å². The predicted octanol–water partition coefficient (Wildman–Crippen LogP) is 4.59. The van der Waals surface area contributed by atoms with E-state index in [1.54, 1.807) is 6.07 Å². The molecule has 0 bridgehead atoms. The van der Waals surface area contributed by atoms with Crippen molar-refractivity contribution in [1.82, 2.24) is 9.38 Å². The highest BCUT2D eigenvalue weighted by Crippen LogP contribution is 2.45. The van der Waals surface area contributed by atoms with Crippen molar-refractivity contribution in [2.45, 2.75) is 39.0 Å². The fraction of sp³-hybridized carbons (Fsp3) is 0.375. The molecule has 1 aliphatic carbocycles. The first-order valence-corrected chi connectivity index (χ1v) is 10.4. The number of aromatic nitrogens is 2. The van der Waals surface area contributed by atoms with Gasteiger partial charge in [0.05, 0.1) is 25.0 Å². The second-order valence-corrected chi connectivity index (χ2v) is 7.73. The number of hydrogen-bond acceptors (Lipinski definition) is 5. The van der Waals surface area contributed by atoms with E-state index < -0.39 is 0 Å². The van der Waals surface area contributed by atoms with Gasteiger partial charge >= 0.3 is 5.97 Å². The summed E-state index contributed by atoms with van der Waals surface area (Å²) >= 11 is 0. The van der Waals surface area contributed by atoms with Gasteiger partial charge in [-0.05, 0) is 68.4 Å². The minimum Gasteiger partial charge on any atom is -0.490 e. The summed E-state index contributed by atoms with van der Waals surface area (Å²) in [6, 6.07) is 11.2. The Labute approximate surface area is 175 Å². The molecule has 0 unspecified atom stereocenters. The van der Waals surface area contributed by atoms with Crippen LogP contribution >= 0.6 is 0 Å². The van der Waals surface area contributed by atoms with Crippen molar-refractivity contribution in [3.05, 3.63) is 65.1 Å². The zero-order chi connectivity index (χ0) is 21.3. The van der Waals surface area contributed by atoms with E-state index in [0.29, 0.717) is 47.3 Å². The van der Waals surface area contributed by atoms with Gasteiger partial charge in [0.1, 0.15) is 5.69 Å². The van der Waals surface area contributed by atoms with Gasteiger partial charge < -0.3 is 9.47 Å². The molecular weight excluding hydrogens is 380 g/mol. The second-order valence-electron chi connectivity index (χ2n) is 7.73. The molecule has 6 nitrogen and oxygen atoms in total. The van der Waals surface area contributed by atoms with Gasteiger partial charge in [0.25, 0.3) is 0 Å². The fourth-order valence-corrected chi connectivity index (χ4v) is 4.13. The maximum atomic E-state index is 13.4. The van der Waals surface area contributed by atoms with Crippen LogP contribution in [-0.2, 0) is 4.74 Å². The average molecular weight is 406 g/mol. The lowest BCUT2D eigenvalue weighted by Gasteiger charge is -2.17. The molecule has 0 saturated heterocycles. The van der Waals surface area contributed by atoms with E-state index in [2.05, 4.69) is 4.98 Å². The zero-order valence-electron chi connectivity index (χ0n) is 17.6. The summed E-state index contributed by atoms with van der Waals surface area (Å²) in [5.41, 5.74) is 3.48. The molecule has 2 aromatic heterocycles. The highest BCUT2D eigenvalue weighted by atomic mass is 16.5. The molecule has 1 aliphatic rings. The van der Waals surface area contributed by atoms with Crippen LogP contribution in [0.25, 0.3) is 5.65 Å². The summed E-state index contributed by atoms with van der Waals surface area (Å²) < 4.78 is 12.4. The minimum absolute atomic E-state index is 0.0500. The lowest BCUT2D eigenvalue weighted by atomic mass is 9.87. The number of imidazole rings is 1. The summed E-state index contributed by atoms with van der Waals surface area (Å²) in [6.45, 7) is 4.32. The molecule has 0 amide bonds. The molecule has 3 aromatic rings. The number of fused-ring (bicyclic) bond motifs is 1. The van der Waals surface area contributed by atoms with Crippen LogP contribution in [0.4, 0.5) is 0 Å². The summed E-state index contributed by atoms with van der Waals surface area (Å²) in [7, 11) is 1.38. The minimum atomic E-state index is -0.362. The van der Waals surface area contributed by atoms with Crippen molar-refractivity contribution in [3.63, 3.8) is 0 Å². The van der Waals surface area contributed by atoms with Gasteiger partial charge in [-0.3, -0.25) is 9.20 Å². The third-order valence-corrected chi connectivity index (χ3v) is 5.68. The van der Waals surface area contributed by atoms with Gasteiger partial charge in [-0.1, -0.05) is 12.1 Å². The smallest absolute Gasteiger partial charge is 0.337 e. The third kappa shape index (κ3) is 3.82. The molecule has 1 atom stereocenters. The Hall–Kier alpha value is -3.15. The number of carbonyl (C=O) groups excluding carboxylic acids is 2. The quantitative estimate of drug-likeness (QED) is 0.404. The van der Waals surface area contributed by atoms with E-state index in [4.69, 9.17) is 9.47 Å². The van der Waals surface area contributed by atoms with E-state index in [9.17, 15) is 9.59 Å². The Balaban J connectivity index is 1.66. The third-order valence-electron chi connectivity index (χ3n) is 5.68. The summed E-state index contributed by atoms with van der Waals surface area (Å²) in [6.07, 6.45) is 4.43. The Morgan fingerprint density at radius 2 is 2.03 bits per heavy atom. The van der Waals surface area contributed by atoms with Crippen molar-refractivity contribution >= 4 is 17.4 Å². The zero-order valence-corrected chi connectivity index (χ0v) is 17.6. The number of pyridine rings is 1. The fourth-order valence-electron chi connectivity index (χ4n) is 4.13. The normalized spacial score (nSPS) is 14.5. The molecular formula is C24H26N2O4. The standard InChI is InChI=1S/C24H26N2O4/c1-4-30-21-9-6-12-26-22(15(2)25-23(21)26)20(27)14-19(16-10-11-16)17-7-5-8-18(13-17)24(28)29-3/h5-9,12-13,16,19H,4,10-11,14H2,1-3H3/t19-/m0/s1. The van der Waals surface area contributed by atoms with Crippen LogP contribution in [0.2, 0.25) is 0 Å². The molecule has 0 aliphatic heterocycles. The van der Waals surface area contributed by atoms with E-state index in [1.807, 2.05) is 54.8 Å². The number of carbonyl (C=O) groups is 2. The lowest BCUT2D eigenvalue weighted by Crippen LogP contribution is -2.13. The molecule has 1 aromatic carbocycles. The van der Waals surface area contributed by atoms with Gasteiger partial charge in [0.15, 0.2) is 17.2 Å². The van der Waals surface area contributed by atoms with Gasteiger partial charge in [-0.2, -0.15) is 0 Å². The second kappa shape index (κ2) is 8.30. The largest absolute Gasteiger partial charge is 0.490 e. The number of ether oxygens (including phenoxy) is 2. The monoisotopic (exact) mass is 406 g/mol. The first kappa shape index (κ1) is 20.1. The highest BCUT2D eigenvalue weighted by Gasteiger charge is 2.35. The van der Waals surface area contributed by atoms with Crippen LogP contribution in [-0.4, -0.2) is 34.9 Å². The summed E-state index contributed by atoms with van der Waals surface area (Å²) in [5.74, 6) is 0.891. The molecule has 0 N–H and O–H groups in total. The molecule has 6 heteroatoms. The number of methoxy groups -OCH3 is 1. The van der Waals surface area contributed by atoms with E-state index in [-0.39, 0.29) is 17.7 Å². The van der Waals surface area contributed by atoms with E-state index >= 15 is 0 Å². The maximum absolute atomic E-state index is 13.4. The molecule has 30 heavy (non-hydrogen) atoms. The van der Waals surface area contributed by atoms with Crippen molar-refractivity contribution in [3.8, 4) is 5.75 Å². The first-order chi connectivity index (χ1) is 14.5. The summed E-state index contributed by atoms with van der Waals surface area (Å²) in [5, 5.41) is 0. The van der Waals surface area contributed by atoms with Crippen molar-refractivity contribution in [2.75, 3.05) is 13.7 Å². The molecule has 2 heterocycles. The Bertz CT molecular complexity index is 1100.